The number of ether oxygens (including phenoxy) is 4. The fraction of sp³-hybridized carbons (Fsp3) is 0.671. The Hall–Kier alpha value is -5.06. The lowest BCUT2D eigenvalue weighted by Gasteiger charge is -2.21. The molecule has 19 heteroatoms. The van der Waals surface area contributed by atoms with Crippen molar-refractivity contribution in [1.29, 1.82) is 0 Å². The highest BCUT2D eigenvalue weighted by molar-refractivity contribution is 7.47. The van der Waals surface area contributed by atoms with Crippen molar-refractivity contribution >= 4 is 39.5 Å². The van der Waals surface area contributed by atoms with Gasteiger partial charge in [0.15, 0.2) is 12.2 Å². The standard InChI is InChI=1S/C85H142O17P2/c1-5-9-13-17-21-25-29-33-37-38-39-40-44-46-50-54-58-62-66-70-83(88)96-76-81(102-85(90)72-68-64-60-56-52-48-43-36-32-28-24-20-16-12-8-4)78-100-104(93,94)98-74-79(86)73-97-103(91,92)99-77-80(101-84(89)71-67-63-59-55-51-47-42-35-31-27-23-19-15-11-7-3)75-95-82(87)69-65-61-57-53-49-45-41-34-30-26-22-18-14-10-6-2/h9-10,12-14,16,21-22,24-26,28,33-34,36-37,39-41,43,46,50,52,56,79-81,86H,5-8,11,15,17-20,23,27,29-32,35,38,42,44-45,47-49,51,53-55,57-78H2,1-4H3,(H,91,92)(H,93,94)/b13-9-,14-10-,16-12-,25-21-,26-22-,28-24-,37-33-,40-39-,41-34-,43-36-,50-46-,56-52-. The van der Waals surface area contributed by atoms with E-state index in [1.54, 1.807) is 0 Å². The van der Waals surface area contributed by atoms with Crippen LogP contribution in [0.25, 0.3) is 0 Å². The Morgan fingerprint density at radius 1 is 0.279 bits per heavy atom. The number of hydrogen-bond acceptors (Lipinski definition) is 15. The molecule has 0 rings (SSSR count). The van der Waals surface area contributed by atoms with Gasteiger partial charge in [-0.05, 0) is 141 Å². The average Bonchev–Trinajstić information content (AvgIpc) is 0.918. The van der Waals surface area contributed by atoms with Crippen molar-refractivity contribution in [2.75, 3.05) is 39.6 Å². The minimum atomic E-state index is -5.00. The Morgan fingerprint density at radius 3 is 0.798 bits per heavy atom. The van der Waals surface area contributed by atoms with Crippen LogP contribution < -0.4 is 0 Å². The summed E-state index contributed by atoms with van der Waals surface area (Å²) in [4.78, 5) is 73.0. The first kappa shape index (κ1) is 98.9. The number of rotatable bonds is 74. The number of aliphatic hydroxyl groups is 1. The summed E-state index contributed by atoms with van der Waals surface area (Å²) in [5.41, 5.74) is 0. The molecule has 0 saturated carbocycles. The van der Waals surface area contributed by atoms with Crippen LogP contribution in [-0.4, -0.2) is 96.7 Å². The number of carbonyl (C=O) groups excluding carboxylic acids is 4. The molecule has 0 saturated heterocycles. The predicted molar refractivity (Wildman–Crippen MR) is 427 cm³/mol. The van der Waals surface area contributed by atoms with Gasteiger partial charge in [0.25, 0.3) is 0 Å². The fourth-order valence-corrected chi connectivity index (χ4v) is 11.9. The van der Waals surface area contributed by atoms with Gasteiger partial charge < -0.3 is 33.8 Å². The van der Waals surface area contributed by atoms with E-state index in [1.807, 2.05) is 0 Å². The van der Waals surface area contributed by atoms with Crippen molar-refractivity contribution in [3.63, 3.8) is 0 Å². The molecule has 0 aliphatic carbocycles. The summed E-state index contributed by atoms with van der Waals surface area (Å²) in [5, 5.41) is 10.6. The van der Waals surface area contributed by atoms with Crippen molar-refractivity contribution < 1.29 is 80.2 Å². The minimum Gasteiger partial charge on any atom is -0.462 e. The summed E-state index contributed by atoms with van der Waals surface area (Å²) in [6, 6.07) is 0. The van der Waals surface area contributed by atoms with E-state index in [0.29, 0.717) is 32.1 Å². The Morgan fingerprint density at radius 2 is 0.500 bits per heavy atom. The molecule has 5 atom stereocenters. The number of esters is 4. The van der Waals surface area contributed by atoms with E-state index in [0.717, 1.165) is 161 Å². The fourth-order valence-electron chi connectivity index (χ4n) is 10.3. The number of unbranched alkanes of at least 4 members (excludes halogenated alkanes) is 24. The van der Waals surface area contributed by atoms with Crippen molar-refractivity contribution in [2.45, 2.75) is 329 Å². The highest BCUT2D eigenvalue weighted by atomic mass is 31.2. The molecule has 0 aromatic heterocycles. The summed E-state index contributed by atoms with van der Waals surface area (Å²) < 4.78 is 68.6. The molecule has 0 aromatic rings. The molecular formula is C85H142O17P2. The van der Waals surface area contributed by atoms with Crippen LogP contribution in [0, 0.1) is 0 Å². The molecule has 594 valence electrons. The minimum absolute atomic E-state index is 0.0307. The zero-order valence-electron chi connectivity index (χ0n) is 64.9. The maximum Gasteiger partial charge on any atom is 0.472 e. The van der Waals surface area contributed by atoms with E-state index in [-0.39, 0.29) is 25.7 Å². The first-order valence-electron chi connectivity index (χ1n) is 40.1. The Labute approximate surface area is 630 Å². The largest absolute Gasteiger partial charge is 0.472 e. The van der Waals surface area contributed by atoms with E-state index in [1.165, 1.54) is 64.2 Å². The third kappa shape index (κ3) is 75.2. The molecule has 0 aliphatic heterocycles. The predicted octanol–water partition coefficient (Wildman–Crippen LogP) is 23.4. The highest BCUT2D eigenvalue weighted by Crippen LogP contribution is 2.45. The van der Waals surface area contributed by atoms with Gasteiger partial charge in [-0.1, -0.05) is 289 Å². The van der Waals surface area contributed by atoms with Crippen molar-refractivity contribution in [1.82, 2.24) is 0 Å². The maximum atomic E-state index is 13.1. The molecule has 5 unspecified atom stereocenters. The van der Waals surface area contributed by atoms with Crippen molar-refractivity contribution in [3.05, 3.63) is 146 Å². The van der Waals surface area contributed by atoms with Crippen LogP contribution >= 0.6 is 15.6 Å². The van der Waals surface area contributed by atoms with Crippen LogP contribution in [0.2, 0.25) is 0 Å². The van der Waals surface area contributed by atoms with Gasteiger partial charge >= 0.3 is 39.5 Å². The number of hydrogen-bond donors (Lipinski definition) is 3. The summed E-state index contributed by atoms with van der Waals surface area (Å²) in [5.74, 6) is -2.28. The van der Waals surface area contributed by atoms with Gasteiger partial charge in [0.05, 0.1) is 26.4 Å². The zero-order chi connectivity index (χ0) is 76.0. The number of aliphatic hydroxyl groups excluding tert-OH is 1. The van der Waals surface area contributed by atoms with E-state index in [9.17, 15) is 43.2 Å². The van der Waals surface area contributed by atoms with Gasteiger partial charge in [-0.2, -0.15) is 0 Å². The smallest absolute Gasteiger partial charge is 0.462 e. The lowest BCUT2D eigenvalue weighted by molar-refractivity contribution is -0.161. The first-order valence-corrected chi connectivity index (χ1v) is 43.1. The molecule has 0 aliphatic rings. The topological polar surface area (TPSA) is 237 Å². The van der Waals surface area contributed by atoms with Crippen LogP contribution in [0.3, 0.4) is 0 Å². The molecule has 0 bridgehead atoms. The quantitative estimate of drug-likeness (QED) is 0.0169. The summed E-state index contributed by atoms with van der Waals surface area (Å²) in [6.45, 7) is 4.44. The van der Waals surface area contributed by atoms with Crippen LogP contribution in [0.1, 0.15) is 310 Å². The molecule has 0 radical (unpaired) electrons. The third-order valence-corrected chi connectivity index (χ3v) is 18.2. The normalized spacial score (nSPS) is 14.6. The lowest BCUT2D eigenvalue weighted by atomic mass is 10.0. The lowest BCUT2D eigenvalue weighted by Crippen LogP contribution is -2.30. The SMILES string of the molecule is CC/C=C\C/C=C\C/C=C\C/C=C\C/C=C\CCCCCC(=O)OCC(COP(=O)(O)OCC(O)COP(=O)(O)OCC(COC(=O)CCCCCCC/C=C\C/C=C\C/C=C\CC)OC(=O)CCCCCCCCCCCCCCCCC)OC(=O)CCCC/C=C\C/C=C\C/C=C\C/C=C\CC. The zero-order valence-corrected chi connectivity index (χ0v) is 66.7. The van der Waals surface area contributed by atoms with E-state index in [2.05, 4.69) is 174 Å². The van der Waals surface area contributed by atoms with Crippen LogP contribution in [0.4, 0.5) is 0 Å². The van der Waals surface area contributed by atoms with E-state index >= 15 is 0 Å². The monoisotopic (exact) mass is 1500 g/mol. The number of phosphoric acid groups is 2. The number of allylic oxidation sites excluding steroid dienone is 24. The molecule has 0 heterocycles. The van der Waals surface area contributed by atoms with Gasteiger partial charge in [0.2, 0.25) is 0 Å². The summed E-state index contributed by atoms with van der Waals surface area (Å²) in [7, 11) is -9.99. The Bertz CT molecular complexity index is 2540. The number of phosphoric ester groups is 2. The van der Waals surface area contributed by atoms with Crippen LogP contribution in [0.5, 0.6) is 0 Å². The average molecular weight is 1500 g/mol. The van der Waals surface area contributed by atoms with Gasteiger partial charge in [-0.15, -0.1) is 0 Å². The van der Waals surface area contributed by atoms with Crippen molar-refractivity contribution in [2.24, 2.45) is 0 Å². The van der Waals surface area contributed by atoms with Gasteiger partial charge in [0, 0.05) is 25.7 Å². The second kappa shape index (κ2) is 76.1. The molecule has 0 fully saturated rings. The maximum absolute atomic E-state index is 13.1. The van der Waals surface area contributed by atoms with Gasteiger partial charge in [-0.25, -0.2) is 9.13 Å². The van der Waals surface area contributed by atoms with Gasteiger partial charge in [-0.3, -0.25) is 37.3 Å². The second-order valence-electron chi connectivity index (χ2n) is 26.2. The molecule has 17 nitrogen and oxygen atoms in total. The molecule has 0 spiro atoms. The van der Waals surface area contributed by atoms with Crippen LogP contribution in [-0.2, 0) is 65.4 Å². The Balaban J connectivity index is 5.44. The Kier molecular flexibility index (Phi) is 72.4. The molecule has 0 aromatic carbocycles. The first-order chi connectivity index (χ1) is 50.7. The van der Waals surface area contributed by atoms with Gasteiger partial charge in [0.1, 0.15) is 19.3 Å². The highest BCUT2D eigenvalue weighted by Gasteiger charge is 2.30. The molecule has 3 N–H and O–H groups in total. The van der Waals surface area contributed by atoms with Crippen LogP contribution in [0.15, 0.2) is 146 Å². The molecular weight excluding hydrogens is 1350 g/mol. The number of carbonyl (C=O) groups is 4. The third-order valence-electron chi connectivity index (χ3n) is 16.3. The summed E-state index contributed by atoms with van der Waals surface area (Å²) >= 11 is 0. The molecule has 104 heavy (non-hydrogen) atoms. The second-order valence-corrected chi connectivity index (χ2v) is 29.1. The van der Waals surface area contributed by atoms with E-state index < -0.39 is 97.5 Å². The van der Waals surface area contributed by atoms with E-state index in [4.69, 9.17) is 37.0 Å². The summed E-state index contributed by atoms with van der Waals surface area (Å²) in [6.07, 6.45) is 86.9. The molecule has 0 amide bonds. The van der Waals surface area contributed by atoms with Crippen molar-refractivity contribution in [3.8, 4) is 0 Å².